The summed E-state index contributed by atoms with van der Waals surface area (Å²) < 4.78 is 5.67. The van der Waals surface area contributed by atoms with Gasteiger partial charge in [0.2, 0.25) is 0 Å². The molecule has 0 aromatic carbocycles. The van der Waals surface area contributed by atoms with E-state index in [9.17, 15) is 4.79 Å². The monoisotopic (exact) mass is 267 g/mol. The molecule has 5 nitrogen and oxygen atoms in total. The van der Waals surface area contributed by atoms with E-state index in [-0.39, 0.29) is 23.2 Å². The van der Waals surface area contributed by atoms with Crippen LogP contribution in [0.4, 0.5) is 0 Å². The van der Waals surface area contributed by atoms with Crippen molar-refractivity contribution < 1.29 is 9.53 Å². The molecule has 1 aliphatic heterocycles. The Hall–Kier alpha value is -1.20. The van der Waals surface area contributed by atoms with Gasteiger partial charge in [0.05, 0.1) is 24.5 Å². The fourth-order valence-corrected chi connectivity index (χ4v) is 2.42. The summed E-state index contributed by atoms with van der Waals surface area (Å²) >= 11 is 5.63. The van der Waals surface area contributed by atoms with Crippen LogP contribution in [-0.4, -0.2) is 34.6 Å². The molecule has 3 rings (SSSR count). The van der Waals surface area contributed by atoms with E-state index in [1.807, 2.05) is 0 Å². The van der Waals surface area contributed by atoms with Gasteiger partial charge in [0.1, 0.15) is 10.8 Å². The Morgan fingerprint density at radius 1 is 1.33 bits per heavy atom. The predicted octanol–water partition coefficient (Wildman–Crippen LogP) is 1.43. The Kier molecular flexibility index (Phi) is 3.18. The average molecular weight is 268 g/mol. The molecule has 2 aliphatic rings. The molecule has 1 aromatic heterocycles. The van der Waals surface area contributed by atoms with Crippen LogP contribution < -0.4 is 5.32 Å². The number of carbonyl (C=O) groups excluding carboxylic acids is 1. The maximum atomic E-state index is 12.0. The minimum absolute atomic E-state index is 0.0995. The highest BCUT2D eigenvalue weighted by Gasteiger charge is 2.41. The highest BCUT2D eigenvalue weighted by atomic mass is 35.5. The number of ether oxygens (including phenoxy) is 1. The van der Waals surface area contributed by atoms with Crippen molar-refractivity contribution >= 4 is 17.5 Å². The molecule has 1 saturated carbocycles. The van der Waals surface area contributed by atoms with Gasteiger partial charge in [-0.05, 0) is 25.2 Å². The van der Waals surface area contributed by atoms with Gasteiger partial charge >= 0.3 is 0 Å². The first-order valence-corrected chi connectivity index (χ1v) is 6.52. The fraction of sp³-hybridized carbons (Fsp3) is 0.583. The van der Waals surface area contributed by atoms with E-state index < -0.39 is 0 Å². The molecular weight excluding hydrogens is 254 g/mol. The van der Waals surface area contributed by atoms with Crippen molar-refractivity contribution in [3.8, 4) is 0 Å². The van der Waals surface area contributed by atoms with Crippen molar-refractivity contribution in [2.24, 2.45) is 5.92 Å². The molecule has 1 aliphatic carbocycles. The van der Waals surface area contributed by atoms with Crippen molar-refractivity contribution in [1.82, 2.24) is 15.3 Å². The molecule has 6 heteroatoms. The highest BCUT2D eigenvalue weighted by molar-refractivity contribution is 6.29. The Labute approximate surface area is 110 Å². The maximum Gasteiger partial charge on any atom is 0.271 e. The second-order valence-electron chi connectivity index (χ2n) is 4.77. The lowest BCUT2D eigenvalue weighted by Gasteiger charge is -2.19. The van der Waals surface area contributed by atoms with Gasteiger partial charge in [-0.15, -0.1) is 0 Å². The third kappa shape index (κ3) is 2.47. The highest BCUT2D eigenvalue weighted by Crippen LogP contribution is 2.38. The zero-order valence-corrected chi connectivity index (χ0v) is 10.6. The van der Waals surface area contributed by atoms with E-state index >= 15 is 0 Å². The number of nitrogens with one attached hydrogen (secondary N) is 1. The lowest BCUT2D eigenvalue weighted by Crippen LogP contribution is -2.41. The number of hydrogen-bond acceptors (Lipinski definition) is 4. The first-order valence-electron chi connectivity index (χ1n) is 6.14. The maximum absolute atomic E-state index is 12.0. The van der Waals surface area contributed by atoms with Gasteiger partial charge in [0, 0.05) is 6.61 Å². The molecular formula is C12H14ClN3O2. The summed E-state index contributed by atoms with van der Waals surface area (Å²) in [5, 5.41) is 3.26. The number of aromatic nitrogens is 2. The largest absolute Gasteiger partial charge is 0.376 e. The molecule has 1 amide bonds. The molecule has 1 N–H and O–H groups in total. The summed E-state index contributed by atoms with van der Waals surface area (Å²) in [6, 6.07) is 0.0995. The smallest absolute Gasteiger partial charge is 0.271 e. The topological polar surface area (TPSA) is 64.1 Å². The molecule has 0 spiro atoms. The summed E-state index contributed by atoms with van der Waals surface area (Å²) in [4.78, 5) is 19.8. The molecule has 1 saturated heterocycles. The van der Waals surface area contributed by atoms with Crippen molar-refractivity contribution in [2.45, 2.75) is 31.4 Å². The molecule has 96 valence electrons. The minimum Gasteiger partial charge on any atom is -0.376 e. The molecule has 0 radical (unpaired) electrons. The number of amides is 1. The van der Waals surface area contributed by atoms with Crippen molar-refractivity contribution in [2.75, 3.05) is 6.61 Å². The third-order valence-electron chi connectivity index (χ3n) is 3.39. The van der Waals surface area contributed by atoms with Crippen LogP contribution in [0.15, 0.2) is 12.4 Å². The number of halogens is 1. The Bertz CT molecular complexity index is 447. The Morgan fingerprint density at radius 3 is 2.83 bits per heavy atom. The Morgan fingerprint density at radius 2 is 2.17 bits per heavy atom. The number of nitrogens with zero attached hydrogens (tertiary/aromatic N) is 2. The van der Waals surface area contributed by atoms with Crippen LogP contribution in [0.25, 0.3) is 0 Å². The quantitative estimate of drug-likeness (QED) is 0.900. The zero-order valence-electron chi connectivity index (χ0n) is 9.80. The van der Waals surface area contributed by atoms with Crippen molar-refractivity contribution in [1.29, 1.82) is 0 Å². The molecule has 2 atom stereocenters. The first kappa shape index (κ1) is 11.9. The summed E-state index contributed by atoms with van der Waals surface area (Å²) in [6.45, 7) is 0.721. The van der Waals surface area contributed by atoms with E-state index in [4.69, 9.17) is 16.3 Å². The van der Waals surface area contributed by atoms with E-state index in [0.29, 0.717) is 11.6 Å². The minimum atomic E-state index is -0.208. The zero-order chi connectivity index (χ0) is 12.5. The molecule has 1 aromatic rings. The lowest BCUT2D eigenvalue weighted by atomic mass is 10.1. The van der Waals surface area contributed by atoms with E-state index in [2.05, 4.69) is 15.3 Å². The molecule has 18 heavy (non-hydrogen) atoms. The summed E-state index contributed by atoms with van der Waals surface area (Å²) in [5.41, 5.74) is 0.292. The van der Waals surface area contributed by atoms with Gasteiger partial charge in [-0.2, -0.15) is 0 Å². The summed E-state index contributed by atoms with van der Waals surface area (Å²) in [7, 11) is 0. The molecule has 2 fully saturated rings. The second kappa shape index (κ2) is 4.82. The Balaban J connectivity index is 1.64. The summed E-state index contributed by atoms with van der Waals surface area (Å²) in [6.07, 6.45) is 6.22. The molecule has 0 bridgehead atoms. The van der Waals surface area contributed by atoms with E-state index in [1.54, 1.807) is 0 Å². The fourth-order valence-electron chi connectivity index (χ4n) is 2.33. The molecule has 2 heterocycles. The van der Waals surface area contributed by atoms with Gasteiger partial charge in [-0.3, -0.25) is 4.79 Å². The van der Waals surface area contributed by atoms with Gasteiger partial charge in [0.15, 0.2) is 0 Å². The van der Waals surface area contributed by atoms with Crippen LogP contribution in [0, 0.1) is 5.92 Å². The van der Waals surface area contributed by atoms with Crippen LogP contribution in [0.3, 0.4) is 0 Å². The predicted molar refractivity (Wildman–Crippen MR) is 65.4 cm³/mol. The normalized spacial score (nSPS) is 27.2. The SMILES string of the molecule is O=C(NC1CCOC1C1CC1)c1cnc(Cl)cn1. The van der Waals surface area contributed by atoms with Crippen LogP contribution in [0.1, 0.15) is 29.8 Å². The molecule has 2 unspecified atom stereocenters. The van der Waals surface area contributed by atoms with Crippen LogP contribution in [0.2, 0.25) is 5.15 Å². The van der Waals surface area contributed by atoms with E-state index in [1.165, 1.54) is 25.2 Å². The average Bonchev–Trinajstić information content (AvgIpc) is 3.11. The number of hydrogen-bond donors (Lipinski definition) is 1. The first-order chi connectivity index (χ1) is 8.74. The standard InChI is InChI=1S/C12H14ClN3O2/c13-10-6-14-9(5-15-10)12(17)16-8-3-4-18-11(8)7-1-2-7/h5-8,11H,1-4H2,(H,16,17). The summed E-state index contributed by atoms with van der Waals surface area (Å²) in [5.74, 6) is 0.411. The number of carbonyl (C=O) groups is 1. The van der Waals surface area contributed by atoms with Gasteiger partial charge in [-0.1, -0.05) is 11.6 Å². The van der Waals surface area contributed by atoms with Crippen LogP contribution >= 0.6 is 11.6 Å². The van der Waals surface area contributed by atoms with E-state index in [0.717, 1.165) is 13.0 Å². The van der Waals surface area contributed by atoms with Crippen LogP contribution in [-0.2, 0) is 4.74 Å². The van der Waals surface area contributed by atoms with Gasteiger partial charge in [-0.25, -0.2) is 9.97 Å². The third-order valence-corrected chi connectivity index (χ3v) is 3.59. The lowest BCUT2D eigenvalue weighted by molar-refractivity contribution is 0.0727. The second-order valence-corrected chi connectivity index (χ2v) is 5.15. The number of rotatable bonds is 3. The van der Waals surface area contributed by atoms with Crippen molar-refractivity contribution in [3.63, 3.8) is 0 Å². The van der Waals surface area contributed by atoms with Gasteiger partial charge in [0.25, 0.3) is 5.91 Å². The van der Waals surface area contributed by atoms with Crippen LogP contribution in [0.5, 0.6) is 0 Å². The van der Waals surface area contributed by atoms with Crippen molar-refractivity contribution in [3.05, 3.63) is 23.2 Å². The van der Waals surface area contributed by atoms with Gasteiger partial charge < -0.3 is 10.1 Å².